The molecule has 0 fully saturated rings. The van der Waals surface area contributed by atoms with Crippen LogP contribution in [0.1, 0.15) is 38.5 Å². The van der Waals surface area contributed by atoms with Gasteiger partial charge in [-0.25, -0.2) is 0 Å². The van der Waals surface area contributed by atoms with E-state index in [1.807, 2.05) is 60.7 Å². The van der Waals surface area contributed by atoms with Crippen LogP contribution in [0.15, 0.2) is 78.9 Å². The molecule has 0 aromatic heterocycles. The fourth-order valence-corrected chi connectivity index (χ4v) is 2.85. The summed E-state index contributed by atoms with van der Waals surface area (Å²) in [5.41, 5.74) is 5.29. The molecule has 1 atom stereocenters. The second-order valence-corrected chi connectivity index (χ2v) is 5.92. The van der Waals surface area contributed by atoms with Gasteiger partial charge in [0.2, 0.25) is 0 Å². The maximum atomic E-state index is 13.1. The minimum Gasteiger partial charge on any atom is -0.293 e. The maximum Gasteiger partial charge on any atom is 0.174 e. The number of Topliss-reactive ketones (excluding diaryl/α,β-unsaturated/α-hetero) is 1. The van der Waals surface area contributed by atoms with Crippen LogP contribution in [0.4, 0.5) is 0 Å². The van der Waals surface area contributed by atoms with E-state index in [-0.39, 0.29) is 11.7 Å². The Morgan fingerprint density at radius 3 is 1.91 bits per heavy atom. The van der Waals surface area contributed by atoms with Gasteiger partial charge in [-0.05, 0) is 36.1 Å². The zero-order valence-electron chi connectivity index (χ0n) is 13.5. The van der Waals surface area contributed by atoms with Crippen molar-refractivity contribution in [3.8, 4) is 0 Å². The summed E-state index contributed by atoms with van der Waals surface area (Å²) < 4.78 is 0. The second kappa shape index (κ2) is 6.62. The van der Waals surface area contributed by atoms with Gasteiger partial charge in [-0.1, -0.05) is 78.9 Å². The predicted octanol–water partition coefficient (Wildman–Crippen LogP) is 5.32. The summed E-state index contributed by atoms with van der Waals surface area (Å²) in [5.74, 6) is -0.127. The molecule has 1 nitrogen and oxygen atoms in total. The van der Waals surface area contributed by atoms with Gasteiger partial charge in [0.1, 0.15) is 0 Å². The monoisotopic (exact) mass is 300 g/mol. The van der Waals surface area contributed by atoms with E-state index in [2.05, 4.69) is 32.0 Å². The topological polar surface area (TPSA) is 17.1 Å². The lowest BCUT2D eigenvalue weighted by Gasteiger charge is -2.18. The van der Waals surface area contributed by atoms with Crippen molar-refractivity contribution in [3.05, 3.63) is 107 Å². The number of carbonyl (C=O) groups is 1. The Morgan fingerprint density at radius 1 is 0.696 bits per heavy atom. The second-order valence-electron chi connectivity index (χ2n) is 5.92. The predicted molar refractivity (Wildman–Crippen MR) is 95.0 cm³/mol. The smallest absolute Gasteiger partial charge is 0.174 e. The molecule has 114 valence electrons. The molecular weight excluding hydrogens is 280 g/mol. The summed E-state index contributed by atoms with van der Waals surface area (Å²) in [4.78, 5) is 13.1. The highest BCUT2D eigenvalue weighted by Crippen LogP contribution is 2.29. The van der Waals surface area contributed by atoms with Crippen LogP contribution in [0.5, 0.6) is 0 Å². The summed E-state index contributed by atoms with van der Waals surface area (Å²) in [6.45, 7) is 4.18. The molecule has 0 aliphatic rings. The normalized spacial score (nSPS) is 11.9. The van der Waals surface area contributed by atoms with E-state index >= 15 is 0 Å². The maximum absolute atomic E-state index is 13.1. The first-order valence-electron chi connectivity index (χ1n) is 7.88. The number of aryl methyl sites for hydroxylation is 2. The van der Waals surface area contributed by atoms with E-state index in [9.17, 15) is 4.79 Å². The number of hydrogen-bond donors (Lipinski definition) is 0. The van der Waals surface area contributed by atoms with Crippen molar-refractivity contribution < 1.29 is 4.79 Å². The quantitative estimate of drug-likeness (QED) is 0.596. The summed E-state index contributed by atoms with van der Waals surface area (Å²) >= 11 is 0. The highest BCUT2D eigenvalue weighted by atomic mass is 16.1. The lowest BCUT2D eigenvalue weighted by Crippen LogP contribution is -2.14. The van der Waals surface area contributed by atoms with E-state index in [0.29, 0.717) is 0 Å². The van der Waals surface area contributed by atoms with Crippen LogP contribution >= 0.6 is 0 Å². The van der Waals surface area contributed by atoms with Crippen LogP contribution in [0, 0.1) is 13.8 Å². The largest absolute Gasteiger partial charge is 0.293 e. The Labute approximate surface area is 137 Å². The van der Waals surface area contributed by atoms with Gasteiger partial charge in [-0.3, -0.25) is 4.79 Å². The van der Waals surface area contributed by atoms with Gasteiger partial charge in [0, 0.05) is 5.56 Å². The molecule has 3 rings (SSSR count). The van der Waals surface area contributed by atoms with Gasteiger partial charge in [0.05, 0.1) is 5.92 Å². The van der Waals surface area contributed by atoms with Crippen molar-refractivity contribution in [2.24, 2.45) is 0 Å². The van der Waals surface area contributed by atoms with Crippen LogP contribution in [-0.4, -0.2) is 5.78 Å². The van der Waals surface area contributed by atoms with Crippen LogP contribution in [-0.2, 0) is 0 Å². The standard InChI is InChI=1S/C22H20O/c1-16-13-14-20(15-17(16)2)21(18-9-5-3-6-10-18)22(23)19-11-7-4-8-12-19/h3-15,21H,1-2H3. The minimum atomic E-state index is -0.266. The third kappa shape index (κ3) is 3.24. The summed E-state index contributed by atoms with van der Waals surface area (Å²) in [6.07, 6.45) is 0. The fraction of sp³-hybridized carbons (Fsp3) is 0.136. The molecule has 0 aliphatic heterocycles. The molecule has 23 heavy (non-hydrogen) atoms. The van der Waals surface area contributed by atoms with Crippen molar-refractivity contribution in [1.82, 2.24) is 0 Å². The Kier molecular flexibility index (Phi) is 4.38. The number of carbonyl (C=O) groups excluding carboxylic acids is 1. The van der Waals surface area contributed by atoms with Gasteiger partial charge in [0.15, 0.2) is 5.78 Å². The molecule has 1 heteroatoms. The number of hydrogen-bond acceptors (Lipinski definition) is 1. The van der Waals surface area contributed by atoms with Gasteiger partial charge in [-0.2, -0.15) is 0 Å². The van der Waals surface area contributed by atoms with Crippen LogP contribution in [0.3, 0.4) is 0 Å². The molecule has 3 aromatic rings. The summed E-state index contributed by atoms with van der Waals surface area (Å²) in [6, 6.07) is 25.8. The molecule has 0 radical (unpaired) electrons. The third-order valence-corrected chi connectivity index (χ3v) is 4.32. The Bertz CT molecular complexity index is 804. The molecular formula is C22H20O. The third-order valence-electron chi connectivity index (χ3n) is 4.32. The average Bonchev–Trinajstić information content (AvgIpc) is 2.60. The summed E-state index contributed by atoms with van der Waals surface area (Å²) in [7, 11) is 0. The van der Waals surface area contributed by atoms with Crippen LogP contribution in [0.25, 0.3) is 0 Å². The SMILES string of the molecule is Cc1ccc(C(C(=O)c2ccccc2)c2ccccc2)cc1C. The first-order valence-corrected chi connectivity index (χ1v) is 7.88. The lowest BCUT2D eigenvalue weighted by molar-refractivity contribution is 0.0974. The van der Waals surface area contributed by atoms with E-state index in [1.54, 1.807) is 0 Å². The van der Waals surface area contributed by atoms with Crippen molar-refractivity contribution in [2.75, 3.05) is 0 Å². The summed E-state index contributed by atoms with van der Waals surface area (Å²) in [5, 5.41) is 0. The molecule has 3 aromatic carbocycles. The Balaban J connectivity index is 2.11. The average molecular weight is 300 g/mol. The molecule has 0 aliphatic carbocycles. The van der Waals surface area contributed by atoms with Gasteiger partial charge in [-0.15, -0.1) is 0 Å². The molecule has 0 saturated heterocycles. The minimum absolute atomic E-state index is 0.139. The van der Waals surface area contributed by atoms with Gasteiger partial charge < -0.3 is 0 Å². The fourth-order valence-electron chi connectivity index (χ4n) is 2.85. The molecule has 0 bridgehead atoms. The zero-order chi connectivity index (χ0) is 16.2. The van der Waals surface area contributed by atoms with Crippen molar-refractivity contribution in [2.45, 2.75) is 19.8 Å². The molecule has 0 heterocycles. The molecule has 1 unspecified atom stereocenters. The van der Waals surface area contributed by atoms with Gasteiger partial charge >= 0.3 is 0 Å². The van der Waals surface area contributed by atoms with E-state index in [1.165, 1.54) is 11.1 Å². The highest BCUT2D eigenvalue weighted by molar-refractivity contribution is 6.03. The number of ketones is 1. The van der Waals surface area contributed by atoms with E-state index in [0.717, 1.165) is 16.7 Å². The molecule has 0 N–H and O–H groups in total. The number of benzene rings is 3. The van der Waals surface area contributed by atoms with Crippen LogP contribution < -0.4 is 0 Å². The first kappa shape index (κ1) is 15.2. The van der Waals surface area contributed by atoms with E-state index < -0.39 is 0 Å². The lowest BCUT2D eigenvalue weighted by atomic mass is 9.84. The van der Waals surface area contributed by atoms with Crippen molar-refractivity contribution >= 4 is 5.78 Å². The highest BCUT2D eigenvalue weighted by Gasteiger charge is 2.24. The Hall–Kier alpha value is -2.67. The number of rotatable bonds is 4. The first-order chi connectivity index (χ1) is 11.2. The van der Waals surface area contributed by atoms with E-state index in [4.69, 9.17) is 0 Å². The molecule has 0 saturated carbocycles. The van der Waals surface area contributed by atoms with Gasteiger partial charge in [0.25, 0.3) is 0 Å². The zero-order valence-corrected chi connectivity index (χ0v) is 13.5. The van der Waals surface area contributed by atoms with Crippen molar-refractivity contribution in [3.63, 3.8) is 0 Å². The molecule has 0 amide bonds. The van der Waals surface area contributed by atoms with Crippen molar-refractivity contribution in [1.29, 1.82) is 0 Å². The Morgan fingerprint density at radius 2 is 1.30 bits per heavy atom. The molecule has 0 spiro atoms. The van der Waals surface area contributed by atoms with Crippen LogP contribution in [0.2, 0.25) is 0 Å².